The Morgan fingerprint density at radius 1 is 1.10 bits per heavy atom. The zero-order chi connectivity index (χ0) is 20.6. The monoisotopic (exact) mass is 436 g/mol. The van der Waals surface area contributed by atoms with Crippen molar-refractivity contribution in [2.24, 2.45) is 5.41 Å². The van der Waals surface area contributed by atoms with Crippen molar-refractivity contribution < 1.29 is 18.7 Å². The summed E-state index contributed by atoms with van der Waals surface area (Å²) in [4.78, 5) is 24.7. The largest absolute Gasteiger partial charge is 0.484 e. The quantitative estimate of drug-likeness (QED) is 0.692. The minimum Gasteiger partial charge on any atom is -0.484 e. The lowest BCUT2D eigenvalue weighted by molar-refractivity contribution is -0.184. The van der Waals surface area contributed by atoms with Gasteiger partial charge in [0, 0.05) is 23.2 Å². The first-order valence-corrected chi connectivity index (χ1v) is 9.97. The SMILES string of the molecule is O=C(COc1ccc(Cl)c(F)c1)NC12CC(C(=O)NCc3cccc(Cl)c3)(C1)C2. The predicted octanol–water partition coefficient (Wildman–Crippen LogP) is 3.87. The van der Waals surface area contributed by atoms with Gasteiger partial charge in [0.2, 0.25) is 5.91 Å². The molecular weight excluding hydrogens is 418 g/mol. The van der Waals surface area contributed by atoms with Crippen molar-refractivity contribution in [2.75, 3.05) is 6.61 Å². The predicted molar refractivity (Wildman–Crippen MR) is 107 cm³/mol. The molecule has 2 aromatic carbocycles. The van der Waals surface area contributed by atoms with Gasteiger partial charge in [0.15, 0.2) is 6.61 Å². The fourth-order valence-corrected chi connectivity index (χ4v) is 4.56. The molecular formula is C21H19Cl2FN2O3. The second-order valence-electron chi connectivity index (χ2n) is 7.82. The van der Waals surface area contributed by atoms with Crippen molar-refractivity contribution >= 4 is 35.0 Å². The van der Waals surface area contributed by atoms with Crippen LogP contribution in [0, 0.1) is 11.2 Å². The Kier molecular flexibility index (Phi) is 5.17. The number of benzene rings is 2. The van der Waals surface area contributed by atoms with Gasteiger partial charge in [-0.1, -0.05) is 35.3 Å². The number of carbonyl (C=O) groups excluding carboxylic acids is 2. The van der Waals surface area contributed by atoms with Crippen molar-refractivity contribution in [3.05, 3.63) is 63.9 Å². The van der Waals surface area contributed by atoms with Crippen molar-refractivity contribution in [1.82, 2.24) is 10.6 Å². The standard InChI is InChI=1S/C21H19Cl2FN2O3/c22-14-3-1-2-13(6-14)8-25-19(28)20-10-21(11-20,12-20)26-18(27)9-29-15-4-5-16(23)17(24)7-15/h1-7H,8-12H2,(H,25,28)(H,26,27). The van der Waals surface area contributed by atoms with Gasteiger partial charge in [-0.05, 0) is 49.1 Å². The van der Waals surface area contributed by atoms with Gasteiger partial charge in [0.1, 0.15) is 11.6 Å². The van der Waals surface area contributed by atoms with E-state index >= 15 is 0 Å². The molecule has 0 heterocycles. The number of halogens is 3. The van der Waals surface area contributed by atoms with Crippen LogP contribution in [0.15, 0.2) is 42.5 Å². The van der Waals surface area contributed by atoms with Crippen LogP contribution in [0.3, 0.4) is 0 Å². The molecule has 5 rings (SSSR count). The van der Waals surface area contributed by atoms with E-state index in [2.05, 4.69) is 10.6 Å². The third-order valence-electron chi connectivity index (χ3n) is 5.52. The number of carbonyl (C=O) groups is 2. The van der Waals surface area contributed by atoms with E-state index in [0.29, 0.717) is 30.8 Å². The van der Waals surface area contributed by atoms with Crippen LogP contribution < -0.4 is 15.4 Å². The molecule has 2 aromatic rings. The summed E-state index contributed by atoms with van der Waals surface area (Å²) >= 11 is 11.6. The summed E-state index contributed by atoms with van der Waals surface area (Å²) in [5.41, 5.74) is 0.210. The third-order valence-corrected chi connectivity index (χ3v) is 6.06. The molecule has 0 unspecified atom stereocenters. The van der Waals surface area contributed by atoms with E-state index in [1.54, 1.807) is 6.07 Å². The first-order valence-electron chi connectivity index (χ1n) is 9.21. The zero-order valence-electron chi connectivity index (χ0n) is 15.4. The van der Waals surface area contributed by atoms with Gasteiger partial charge in [0.05, 0.1) is 10.4 Å². The summed E-state index contributed by atoms with van der Waals surface area (Å²) < 4.78 is 18.7. The number of hydrogen-bond donors (Lipinski definition) is 2. The lowest BCUT2D eigenvalue weighted by Gasteiger charge is -2.69. The number of hydrogen-bond acceptors (Lipinski definition) is 3. The molecule has 0 radical (unpaired) electrons. The number of nitrogens with one attached hydrogen (secondary N) is 2. The Morgan fingerprint density at radius 3 is 2.55 bits per heavy atom. The smallest absolute Gasteiger partial charge is 0.258 e. The fourth-order valence-electron chi connectivity index (χ4n) is 4.23. The molecule has 0 saturated heterocycles. The summed E-state index contributed by atoms with van der Waals surface area (Å²) in [7, 11) is 0. The second-order valence-corrected chi connectivity index (χ2v) is 8.66. The van der Waals surface area contributed by atoms with Crippen LogP contribution in [0.1, 0.15) is 24.8 Å². The van der Waals surface area contributed by atoms with E-state index in [4.69, 9.17) is 27.9 Å². The van der Waals surface area contributed by atoms with E-state index < -0.39 is 11.2 Å². The van der Waals surface area contributed by atoms with E-state index in [1.165, 1.54) is 12.1 Å². The van der Waals surface area contributed by atoms with Crippen molar-refractivity contribution in [3.63, 3.8) is 0 Å². The number of amides is 2. The summed E-state index contributed by atoms with van der Waals surface area (Å²) in [5, 5.41) is 6.51. The lowest BCUT2D eigenvalue weighted by Crippen LogP contribution is -2.78. The molecule has 0 aliphatic heterocycles. The molecule has 0 aromatic heterocycles. The maximum atomic E-state index is 13.4. The molecule has 8 heteroatoms. The van der Waals surface area contributed by atoms with Crippen molar-refractivity contribution in [2.45, 2.75) is 31.3 Å². The molecule has 3 saturated carbocycles. The molecule has 29 heavy (non-hydrogen) atoms. The topological polar surface area (TPSA) is 67.4 Å². The second kappa shape index (κ2) is 7.50. The normalized spacial score (nSPS) is 24.1. The molecule has 0 atom stereocenters. The highest BCUT2D eigenvalue weighted by atomic mass is 35.5. The van der Waals surface area contributed by atoms with E-state index in [-0.39, 0.29) is 34.7 Å². The van der Waals surface area contributed by atoms with Gasteiger partial charge >= 0.3 is 0 Å². The molecule has 2 N–H and O–H groups in total. The van der Waals surface area contributed by atoms with Gasteiger partial charge in [-0.15, -0.1) is 0 Å². The highest BCUT2D eigenvalue weighted by Crippen LogP contribution is 2.67. The fraction of sp³-hybridized carbons (Fsp3) is 0.333. The van der Waals surface area contributed by atoms with E-state index in [0.717, 1.165) is 11.6 Å². The highest BCUT2D eigenvalue weighted by molar-refractivity contribution is 6.31. The average Bonchev–Trinajstić information content (AvgIpc) is 2.62. The van der Waals surface area contributed by atoms with Crippen LogP contribution in [0.2, 0.25) is 10.0 Å². The summed E-state index contributed by atoms with van der Waals surface area (Å²) in [5.74, 6) is -0.666. The van der Waals surface area contributed by atoms with Crippen LogP contribution in [-0.2, 0) is 16.1 Å². The van der Waals surface area contributed by atoms with Gasteiger partial charge in [0.25, 0.3) is 5.91 Å². The molecule has 0 spiro atoms. The Balaban J connectivity index is 1.21. The molecule has 3 aliphatic carbocycles. The molecule has 152 valence electrons. The Morgan fingerprint density at radius 2 is 1.86 bits per heavy atom. The van der Waals surface area contributed by atoms with Crippen molar-refractivity contribution in [1.29, 1.82) is 0 Å². The van der Waals surface area contributed by atoms with Crippen LogP contribution in [0.5, 0.6) is 5.75 Å². The highest BCUT2D eigenvalue weighted by Gasteiger charge is 2.72. The minimum atomic E-state index is -0.602. The minimum absolute atomic E-state index is 0.00138. The Hall–Kier alpha value is -2.31. The van der Waals surface area contributed by atoms with Crippen LogP contribution in [0.4, 0.5) is 4.39 Å². The summed E-state index contributed by atoms with van der Waals surface area (Å²) in [6.45, 7) is 0.197. The maximum absolute atomic E-state index is 13.4. The molecule has 5 nitrogen and oxygen atoms in total. The van der Waals surface area contributed by atoms with E-state index in [1.807, 2.05) is 18.2 Å². The number of ether oxygens (including phenoxy) is 1. The summed E-state index contributed by atoms with van der Waals surface area (Å²) in [6.07, 6.45) is 1.84. The summed E-state index contributed by atoms with van der Waals surface area (Å²) in [6, 6.07) is 11.4. The van der Waals surface area contributed by atoms with Crippen LogP contribution in [-0.4, -0.2) is 24.0 Å². The number of rotatable bonds is 7. The van der Waals surface area contributed by atoms with Gasteiger partial charge < -0.3 is 15.4 Å². The van der Waals surface area contributed by atoms with Crippen molar-refractivity contribution in [3.8, 4) is 5.75 Å². The average molecular weight is 437 g/mol. The Bertz CT molecular complexity index is 962. The molecule has 2 bridgehead atoms. The van der Waals surface area contributed by atoms with Crippen LogP contribution in [0.25, 0.3) is 0 Å². The van der Waals surface area contributed by atoms with Gasteiger partial charge in [-0.3, -0.25) is 9.59 Å². The van der Waals surface area contributed by atoms with Gasteiger partial charge in [-0.2, -0.15) is 0 Å². The lowest BCUT2D eigenvalue weighted by atomic mass is 9.39. The first kappa shape index (κ1) is 20.0. The maximum Gasteiger partial charge on any atom is 0.258 e. The molecule has 3 aliphatic rings. The van der Waals surface area contributed by atoms with Crippen LogP contribution >= 0.6 is 23.2 Å². The van der Waals surface area contributed by atoms with Gasteiger partial charge in [-0.25, -0.2) is 4.39 Å². The molecule has 2 amide bonds. The third kappa shape index (κ3) is 4.05. The molecule has 3 fully saturated rings. The first-order chi connectivity index (χ1) is 13.8. The van der Waals surface area contributed by atoms with E-state index in [9.17, 15) is 14.0 Å². The Labute approximate surface area is 177 Å². The zero-order valence-corrected chi connectivity index (χ0v) is 16.9.